The summed E-state index contributed by atoms with van der Waals surface area (Å²) in [5, 5.41) is 14.4. The van der Waals surface area contributed by atoms with Gasteiger partial charge in [0.15, 0.2) is 0 Å². The second-order valence-electron chi connectivity index (χ2n) is 5.48. The molecule has 0 heterocycles. The molecule has 0 aliphatic carbocycles. The Hall–Kier alpha value is -1.75. The molecule has 3 N–H and O–H groups in total. The third kappa shape index (κ3) is 6.99. The molecule has 1 aromatic rings. The summed E-state index contributed by atoms with van der Waals surface area (Å²) in [6, 6.07) is 8.25. The van der Waals surface area contributed by atoms with Crippen molar-refractivity contribution >= 4 is 11.7 Å². The summed E-state index contributed by atoms with van der Waals surface area (Å²) in [5.74, 6) is 0. The number of benzene rings is 1. The van der Waals surface area contributed by atoms with Crippen LogP contribution in [0.4, 0.5) is 10.5 Å². The van der Waals surface area contributed by atoms with Gasteiger partial charge in [0.05, 0.1) is 0 Å². The van der Waals surface area contributed by atoms with Gasteiger partial charge in [-0.3, -0.25) is 0 Å². The van der Waals surface area contributed by atoms with Crippen LogP contribution < -0.4 is 15.5 Å². The van der Waals surface area contributed by atoms with E-state index in [-0.39, 0.29) is 18.7 Å². The Balaban J connectivity index is 2.25. The van der Waals surface area contributed by atoms with E-state index in [0.717, 1.165) is 12.8 Å². The van der Waals surface area contributed by atoms with Crippen molar-refractivity contribution in [2.45, 2.75) is 32.2 Å². The van der Waals surface area contributed by atoms with E-state index in [1.54, 1.807) is 0 Å². The number of hydrogen-bond donors (Lipinski definition) is 3. The van der Waals surface area contributed by atoms with E-state index >= 15 is 0 Å². The van der Waals surface area contributed by atoms with Gasteiger partial charge in [-0.05, 0) is 43.9 Å². The first-order valence-corrected chi connectivity index (χ1v) is 7.44. The number of aliphatic hydroxyl groups is 1. The molecule has 0 aromatic heterocycles. The molecular formula is C16H27N3O2. The lowest BCUT2D eigenvalue weighted by atomic mass is 10.1. The largest absolute Gasteiger partial charge is 0.396 e. The lowest BCUT2D eigenvalue weighted by Gasteiger charge is -2.14. The molecule has 118 valence electrons. The van der Waals surface area contributed by atoms with Crippen molar-refractivity contribution in [1.82, 2.24) is 10.6 Å². The van der Waals surface area contributed by atoms with Crippen LogP contribution in [-0.2, 0) is 6.42 Å². The first kappa shape index (κ1) is 17.3. The van der Waals surface area contributed by atoms with Gasteiger partial charge in [0, 0.05) is 39.0 Å². The molecule has 5 heteroatoms. The Morgan fingerprint density at radius 1 is 1.29 bits per heavy atom. The smallest absolute Gasteiger partial charge is 0.315 e. The average molecular weight is 293 g/mol. The second kappa shape index (κ2) is 9.23. The molecule has 1 rings (SSSR count). The minimum atomic E-state index is -0.148. The zero-order valence-electron chi connectivity index (χ0n) is 13.2. The molecule has 0 spiro atoms. The summed E-state index contributed by atoms with van der Waals surface area (Å²) in [4.78, 5) is 13.7. The van der Waals surface area contributed by atoms with Crippen LogP contribution in [0.15, 0.2) is 24.3 Å². The van der Waals surface area contributed by atoms with Crippen LogP contribution in [0.25, 0.3) is 0 Å². The molecule has 0 saturated heterocycles. The monoisotopic (exact) mass is 293 g/mol. The van der Waals surface area contributed by atoms with Gasteiger partial charge in [-0.1, -0.05) is 12.1 Å². The fraction of sp³-hybridized carbons (Fsp3) is 0.562. The zero-order chi connectivity index (χ0) is 15.7. The zero-order valence-corrected chi connectivity index (χ0v) is 13.2. The average Bonchev–Trinajstić information content (AvgIpc) is 2.45. The Kier molecular flexibility index (Phi) is 7.61. The normalized spacial score (nSPS) is 11.8. The molecule has 1 aromatic carbocycles. The van der Waals surface area contributed by atoms with Crippen LogP contribution in [0, 0.1) is 0 Å². The molecule has 1 unspecified atom stereocenters. The molecule has 1 atom stereocenters. The SMILES string of the molecule is CC(CCCO)NC(=O)NCCc1ccc(N(C)C)cc1. The molecule has 0 fully saturated rings. The van der Waals surface area contributed by atoms with Crippen molar-refractivity contribution in [2.75, 3.05) is 32.1 Å². The third-order valence-electron chi connectivity index (χ3n) is 3.32. The van der Waals surface area contributed by atoms with Gasteiger partial charge in [-0.25, -0.2) is 4.79 Å². The van der Waals surface area contributed by atoms with Gasteiger partial charge in [0.1, 0.15) is 0 Å². The summed E-state index contributed by atoms with van der Waals surface area (Å²) >= 11 is 0. The molecule has 0 saturated carbocycles. The first-order chi connectivity index (χ1) is 10.0. The van der Waals surface area contributed by atoms with Crippen molar-refractivity contribution in [2.24, 2.45) is 0 Å². The second-order valence-corrected chi connectivity index (χ2v) is 5.48. The number of carbonyl (C=O) groups is 1. The van der Waals surface area contributed by atoms with Crippen molar-refractivity contribution < 1.29 is 9.90 Å². The molecule has 0 radical (unpaired) electrons. The Labute approximate surface area is 127 Å². The Bertz CT molecular complexity index is 418. The molecule has 0 aliphatic rings. The number of rotatable bonds is 8. The van der Waals surface area contributed by atoms with E-state index in [2.05, 4.69) is 39.8 Å². The van der Waals surface area contributed by atoms with Crippen molar-refractivity contribution in [1.29, 1.82) is 0 Å². The number of carbonyl (C=O) groups excluding carboxylic acids is 1. The van der Waals surface area contributed by atoms with Gasteiger partial charge in [-0.15, -0.1) is 0 Å². The maximum atomic E-state index is 11.7. The van der Waals surface area contributed by atoms with Gasteiger partial charge in [-0.2, -0.15) is 0 Å². The number of nitrogens with one attached hydrogen (secondary N) is 2. The van der Waals surface area contributed by atoms with Gasteiger partial charge in [0.2, 0.25) is 0 Å². The van der Waals surface area contributed by atoms with E-state index in [0.29, 0.717) is 13.0 Å². The van der Waals surface area contributed by atoms with Crippen LogP contribution >= 0.6 is 0 Å². The highest BCUT2D eigenvalue weighted by Crippen LogP contribution is 2.12. The van der Waals surface area contributed by atoms with Crippen molar-refractivity contribution in [3.8, 4) is 0 Å². The topological polar surface area (TPSA) is 64.6 Å². The van der Waals surface area contributed by atoms with E-state index < -0.39 is 0 Å². The lowest BCUT2D eigenvalue weighted by Crippen LogP contribution is -2.41. The molecular weight excluding hydrogens is 266 g/mol. The number of anilines is 1. The summed E-state index contributed by atoms with van der Waals surface area (Å²) in [6.07, 6.45) is 2.31. The Morgan fingerprint density at radius 2 is 1.95 bits per heavy atom. The number of nitrogens with zero attached hydrogens (tertiary/aromatic N) is 1. The number of urea groups is 1. The third-order valence-corrected chi connectivity index (χ3v) is 3.32. The van der Waals surface area contributed by atoms with Crippen LogP contribution in [0.1, 0.15) is 25.3 Å². The molecule has 0 bridgehead atoms. The highest BCUT2D eigenvalue weighted by Gasteiger charge is 2.06. The van der Waals surface area contributed by atoms with Crippen LogP contribution in [-0.4, -0.2) is 44.4 Å². The molecule has 21 heavy (non-hydrogen) atoms. The highest BCUT2D eigenvalue weighted by atomic mass is 16.3. The maximum absolute atomic E-state index is 11.7. The Morgan fingerprint density at radius 3 is 2.52 bits per heavy atom. The van der Waals surface area contributed by atoms with Crippen LogP contribution in [0.5, 0.6) is 0 Å². The van der Waals surface area contributed by atoms with Crippen LogP contribution in [0.3, 0.4) is 0 Å². The minimum Gasteiger partial charge on any atom is -0.396 e. The highest BCUT2D eigenvalue weighted by molar-refractivity contribution is 5.74. The van der Waals surface area contributed by atoms with E-state index in [4.69, 9.17) is 5.11 Å². The van der Waals surface area contributed by atoms with Crippen molar-refractivity contribution in [3.05, 3.63) is 29.8 Å². The summed E-state index contributed by atoms with van der Waals surface area (Å²) in [6.45, 7) is 2.71. The number of aliphatic hydroxyl groups excluding tert-OH is 1. The predicted molar refractivity (Wildman–Crippen MR) is 86.8 cm³/mol. The van der Waals surface area contributed by atoms with Gasteiger partial charge < -0.3 is 20.6 Å². The van der Waals surface area contributed by atoms with E-state index in [1.807, 2.05) is 21.0 Å². The molecule has 2 amide bonds. The predicted octanol–water partition coefficient (Wildman–Crippen LogP) is 1.76. The van der Waals surface area contributed by atoms with Gasteiger partial charge in [0.25, 0.3) is 0 Å². The fourth-order valence-electron chi connectivity index (χ4n) is 2.03. The summed E-state index contributed by atoms with van der Waals surface area (Å²) in [5.41, 5.74) is 2.37. The number of amides is 2. The van der Waals surface area contributed by atoms with Gasteiger partial charge >= 0.3 is 6.03 Å². The van der Waals surface area contributed by atoms with E-state index in [9.17, 15) is 4.79 Å². The molecule has 5 nitrogen and oxygen atoms in total. The summed E-state index contributed by atoms with van der Waals surface area (Å²) < 4.78 is 0. The maximum Gasteiger partial charge on any atom is 0.315 e. The van der Waals surface area contributed by atoms with Crippen LogP contribution in [0.2, 0.25) is 0 Å². The molecule has 0 aliphatic heterocycles. The fourth-order valence-corrected chi connectivity index (χ4v) is 2.03. The van der Waals surface area contributed by atoms with Crippen molar-refractivity contribution in [3.63, 3.8) is 0 Å². The van der Waals surface area contributed by atoms with E-state index in [1.165, 1.54) is 11.3 Å². The lowest BCUT2D eigenvalue weighted by molar-refractivity contribution is 0.234. The quantitative estimate of drug-likeness (QED) is 0.684. The first-order valence-electron chi connectivity index (χ1n) is 7.44. The number of hydrogen-bond acceptors (Lipinski definition) is 3. The minimum absolute atomic E-state index is 0.0801. The standard InChI is InChI=1S/C16H27N3O2/c1-13(5-4-12-20)18-16(21)17-11-10-14-6-8-15(9-7-14)19(2)3/h6-9,13,20H,4-5,10-12H2,1-3H3,(H2,17,18,21). The summed E-state index contributed by atoms with van der Waals surface area (Å²) in [7, 11) is 4.03.